The molecule has 1 N–H and O–H groups in total. The van der Waals surface area contributed by atoms with Gasteiger partial charge in [-0.1, -0.05) is 54.9 Å². The summed E-state index contributed by atoms with van der Waals surface area (Å²) in [5.41, 5.74) is 5.66. The molecule has 0 unspecified atom stereocenters. The van der Waals surface area contributed by atoms with Crippen molar-refractivity contribution in [3.8, 4) is 11.5 Å². The average Bonchev–Trinajstić information content (AvgIpc) is 3.52. The van der Waals surface area contributed by atoms with Gasteiger partial charge in [-0.2, -0.15) is 5.10 Å². The SMILES string of the molecule is CCc1nn(-c2ccccc2)c2c1CN(C(=O)Nc1cccc(Cl)c1C)[C@H](c1cccc(F)c1)c1cccn1-2. The summed E-state index contributed by atoms with van der Waals surface area (Å²) in [5.74, 6) is 0.511. The van der Waals surface area contributed by atoms with Gasteiger partial charge in [0.1, 0.15) is 11.6 Å². The number of hydrogen-bond acceptors (Lipinski definition) is 2. The Morgan fingerprint density at radius 3 is 2.62 bits per heavy atom. The number of para-hydroxylation sites is 1. The van der Waals surface area contributed by atoms with Crippen LogP contribution in [0.2, 0.25) is 5.02 Å². The van der Waals surface area contributed by atoms with Gasteiger partial charge in [0.25, 0.3) is 0 Å². The number of nitrogens with one attached hydrogen (secondary N) is 1. The van der Waals surface area contributed by atoms with Gasteiger partial charge in [-0.05, 0) is 73.0 Å². The number of amides is 2. The number of aryl methyl sites for hydroxylation is 1. The maximum atomic E-state index is 14.6. The van der Waals surface area contributed by atoms with Crippen molar-refractivity contribution in [2.24, 2.45) is 0 Å². The molecule has 5 aromatic rings. The Kier molecular flexibility index (Phi) is 6.45. The molecule has 8 heteroatoms. The van der Waals surface area contributed by atoms with E-state index >= 15 is 0 Å². The minimum atomic E-state index is -0.559. The van der Waals surface area contributed by atoms with Gasteiger partial charge < -0.3 is 14.8 Å². The van der Waals surface area contributed by atoms with Crippen LogP contribution in [0.3, 0.4) is 0 Å². The number of fused-ring (bicyclic) bond motifs is 3. The van der Waals surface area contributed by atoms with Gasteiger partial charge in [0.15, 0.2) is 0 Å². The highest BCUT2D eigenvalue weighted by Gasteiger charge is 2.36. The van der Waals surface area contributed by atoms with Crippen LogP contribution in [-0.4, -0.2) is 25.3 Å². The topological polar surface area (TPSA) is 55.1 Å². The summed E-state index contributed by atoms with van der Waals surface area (Å²) in [5, 5.41) is 8.61. The van der Waals surface area contributed by atoms with E-state index < -0.39 is 6.04 Å². The lowest BCUT2D eigenvalue weighted by molar-refractivity contribution is 0.194. The first kappa shape index (κ1) is 24.9. The Labute approximate surface area is 231 Å². The molecule has 0 saturated heterocycles. The van der Waals surface area contributed by atoms with Crippen LogP contribution in [0.4, 0.5) is 14.9 Å². The molecule has 0 fully saturated rings. The summed E-state index contributed by atoms with van der Waals surface area (Å²) in [6.07, 6.45) is 2.66. The van der Waals surface area contributed by atoms with E-state index in [1.165, 1.54) is 12.1 Å². The Morgan fingerprint density at radius 1 is 1.05 bits per heavy atom. The van der Waals surface area contributed by atoms with Gasteiger partial charge in [-0.3, -0.25) is 0 Å². The number of halogens is 2. The number of aromatic nitrogens is 3. The number of carbonyl (C=O) groups excluding carboxylic acids is 1. The third-order valence-electron chi connectivity index (χ3n) is 7.24. The lowest BCUT2D eigenvalue weighted by Gasteiger charge is -2.31. The second-order valence-corrected chi connectivity index (χ2v) is 9.99. The lowest BCUT2D eigenvalue weighted by atomic mass is 10.0. The monoisotopic (exact) mass is 539 g/mol. The van der Waals surface area contributed by atoms with Gasteiger partial charge in [-0.25, -0.2) is 13.9 Å². The van der Waals surface area contributed by atoms with Crippen molar-refractivity contribution < 1.29 is 9.18 Å². The second kappa shape index (κ2) is 10.1. The summed E-state index contributed by atoms with van der Waals surface area (Å²) in [7, 11) is 0. The fraction of sp³-hybridized carbons (Fsp3) is 0.161. The van der Waals surface area contributed by atoms with Crippen LogP contribution in [-0.2, 0) is 13.0 Å². The quantitative estimate of drug-likeness (QED) is 0.258. The molecule has 2 aromatic heterocycles. The summed E-state index contributed by atoms with van der Waals surface area (Å²) in [6, 6.07) is 24.9. The molecule has 3 aromatic carbocycles. The number of hydrogen-bond donors (Lipinski definition) is 1. The van der Waals surface area contributed by atoms with Crippen molar-refractivity contribution in [3.05, 3.63) is 130 Å². The predicted octanol–water partition coefficient (Wildman–Crippen LogP) is 7.46. The first-order valence-electron chi connectivity index (χ1n) is 12.9. The van der Waals surface area contributed by atoms with E-state index in [9.17, 15) is 9.18 Å². The van der Waals surface area contributed by atoms with Crippen molar-refractivity contribution >= 4 is 23.3 Å². The lowest BCUT2D eigenvalue weighted by Crippen LogP contribution is -2.38. The van der Waals surface area contributed by atoms with Crippen LogP contribution in [0, 0.1) is 12.7 Å². The van der Waals surface area contributed by atoms with Crippen LogP contribution in [0.15, 0.2) is 91.1 Å². The second-order valence-electron chi connectivity index (χ2n) is 9.58. The summed E-state index contributed by atoms with van der Waals surface area (Å²) in [4.78, 5) is 15.9. The smallest absolute Gasteiger partial charge is 0.307 e. The molecular formula is C31H27ClFN5O. The average molecular weight is 540 g/mol. The van der Waals surface area contributed by atoms with Crippen LogP contribution >= 0.6 is 11.6 Å². The van der Waals surface area contributed by atoms with E-state index in [2.05, 4.69) is 16.8 Å². The zero-order valence-corrected chi connectivity index (χ0v) is 22.4. The van der Waals surface area contributed by atoms with Crippen LogP contribution in [0.1, 0.15) is 41.0 Å². The predicted molar refractivity (Wildman–Crippen MR) is 151 cm³/mol. The fourth-order valence-electron chi connectivity index (χ4n) is 5.31. The molecule has 0 aliphatic carbocycles. The highest BCUT2D eigenvalue weighted by atomic mass is 35.5. The van der Waals surface area contributed by atoms with E-state index in [0.717, 1.165) is 34.0 Å². The zero-order chi connectivity index (χ0) is 27.1. The molecule has 0 bridgehead atoms. The number of anilines is 1. The molecule has 1 aliphatic heterocycles. The first-order chi connectivity index (χ1) is 19.0. The molecule has 3 heterocycles. The summed E-state index contributed by atoms with van der Waals surface area (Å²) in [6.45, 7) is 4.20. The Hall–Kier alpha value is -4.36. The Bertz CT molecular complexity index is 1680. The highest BCUT2D eigenvalue weighted by molar-refractivity contribution is 6.31. The van der Waals surface area contributed by atoms with Gasteiger partial charge >= 0.3 is 6.03 Å². The standard InChI is InChI=1S/C31H27ClFN5O/c1-3-26-24-19-37(31(39)34-27-15-8-14-25(32)20(27)2)29(21-10-7-11-22(33)18-21)28-16-9-17-36(28)30(24)38(35-26)23-12-5-4-6-13-23/h4-18,29H,3,19H2,1-2H3,(H,34,39)/t29-/m1/s1. The highest BCUT2D eigenvalue weighted by Crippen LogP contribution is 2.39. The third-order valence-corrected chi connectivity index (χ3v) is 7.65. The molecule has 1 aliphatic rings. The van der Waals surface area contributed by atoms with Crippen molar-refractivity contribution in [3.63, 3.8) is 0 Å². The van der Waals surface area contributed by atoms with Crippen molar-refractivity contribution in [1.29, 1.82) is 0 Å². The van der Waals surface area contributed by atoms with Gasteiger partial charge in [-0.15, -0.1) is 0 Å². The molecule has 0 spiro atoms. The number of carbonyl (C=O) groups is 1. The van der Waals surface area contributed by atoms with Gasteiger partial charge in [0.2, 0.25) is 0 Å². The van der Waals surface area contributed by atoms with Gasteiger partial charge in [0.05, 0.1) is 29.7 Å². The van der Waals surface area contributed by atoms with E-state index in [4.69, 9.17) is 16.7 Å². The maximum Gasteiger partial charge on any atom is 0.322 e. The molecule has 0 radical (unpaired) electrons. The maximum absolute atomic E-state index is 14.6. The Morgan fingerprint density at radius 2 is 1.85 bits per heavy atom. The molecule has 2 amide bonds. The van der Waals surface area contributed by atoms with Crippen LogP contribution in [0.25, 0.3) is 11.5 Å². The minimum absolute atomic E-state index is 0.277. The van der Waals surface area contributed by atoms with E-state index in [1.807, 2.05) is 72.4 Å². The van der Waals surface area contributed by atoms with Crippen molar-refractivity contribution in [2.75, 3.05) is 5.32 Å². The zero-order valence-electron chi connectivity index (χ0n) is 21.6. The molecule has 6 rings (SSSR count). The van der Waals surface area contributed by atoms with Crippen LogP contribution < -0.4 is 5.32 Å². The molecule has 1 atom stereocenters. The molecule has 6 nitrogen and oxygen atoms in total. The molecule has 39 heavy (non-hydrogen) atoms. The van der Waals surface area contributed by atoms with E-state index in [0.29, 0.717) is 22.7 Å². The molecule has 196 valence electrons. The molecule has 0 saturated carbocycles. The largest absolute Gasteiger partial charge is 0.322 e. The molecular weight excluding hydrogens is 513 g/mol. The van der Waals surface area contributed by atoms with Crippen LogP contribution in [0.5, 0.6) is 0 Å². The number of nitrogens with zero attached hydrogens (tertiary/aromatic N) is 4. The van der Waals surface area contributed by atoms with E-state index in [1.54, 1.807) is 23.1 Å². The number of urea groups is 1. The normalized spacial score (nSPS) is 14.5. The minimum Gasteiger partial charge on any atom is -0.307 e. The van der Waals surface area contributed by atoms with Crippen molar-refractivity contribution in [1.82, 2.24) is 19.2 Å². The van der Waals surface area contributed by atoms with Gasteiger partial charge in [0, 0.05) is 22.5 Å². The van der Waals surface area contributed by atoms with Crippen molar-refractivity contribution in [2.45, 2.75) is 32.9 Å². The fourth-order valence-corrected chi connectivity index (χ4v) is 5.48. The summed E-state index contributed by atoms with van der Waals surface area (Å²) >= 11 is 6.35. The number of benzene rings is 3. The Balaban J connectivity index is 1.56. The first-order valence-corrected chi connectivity index (χ1v) is 13.3. The number of rotatable bonds is 4. The third kappa shape index (κ3) is 4.38. The van der Waals surface area contributed by atoms with E-state index in [-0.39, 0.29) is 18.4 Å². The summed E-state index contributed by atoms with van der Waals surface area (Å²) < 4.78 is 18.6.